The van der Waals surface area contributed by atoms with E-state index in [9.17, 15) is 5.26 Å². The van der Waals surface area contributed by atoms with Gasteiger partial charge in [0.25, 0.3) is 0 Å². The van der Waals surface area contributed by atoms with Crippen LogP contribution in [0.15, 0.2) is 54.7 Å². The van der Waals surface area contributed by atoms with Gasteiger partial charge in [-0.3, -0.25) is 4.98 Å². The van der Waals surface area contributed by atoms with Crippen LogP contribution in [0.2, 0.25) is 0 Å². The Bertz CT molecular complexity index is 1480. The zero-order chi connectivity index (χ0) is 25.9. The van der Waals surface area contributed by atoms with Crippen molar-refractivity contribution in [3.05, 3.63) is 60.3 Å². The molecule has 2 aliphatic rings. The van der Waals surface area contributed by atoms with Crippen LogP contribution in [-0.4, -0.2) is 62.6 Å². The van der Waals surface area contributed by atoms with Crippen LogP contribution in [-0.2, 0) is 4.74 Å². The van der Waals surface area contributed by atoms with Gasteiger partial charge in [0.2, 0.25) is 0 Å². The van der Waals surface area contributed by atoms with E-state index in [1.165, 1.54) is 0 Å². The fourth-order valence-corrected chi connectivity index (χ4v) is 5.31. The first-order valence-electron chi connectivity index (χ1n) is 13.1. The number of ether oxygens (including phenoxy) is 3. The number of morpholine rings is 1. The van der Waals surface area contributed by atoms with Crippen molar-refractivity contribution >= 4 is 16.6 Å². The van der Waals surface area contributed by atoms with Crippen molar-refractivity contribution in [3.8, 4) is 40.1 Å². The molecule has 2 saturated heterocycles. The van der Waals surface area contributed by atoms with Crippen LogP contribution in [0.3, 0.4) is 0 Å². The number of benzene rings is 2. The monoisotopic (exact) mass is 509 g/mol. The number of nitriles is 1. The highest BCUT2D eigenvalue weighted by molar-refractivity contribution is 5.96. The molecular weight excluding hydrogens is 478 g/mol. The predicted molar refractivity (Wildman–Crippen MR) is 148 cm³/mol. The second-order valence-corrected chi connectivity index (χ2v) is 9.68. The van der Waals surface area contributed by atoms with Gasteiger partial charge < -0.3 is 29.4 Å². The maximum atomic E-state index is 9.86. The molecule has 2 N–H and O–H groups in total. The number of aromatic amines is 1. The van der Waals surface area contributed by atoms with E-state index in [4.69, 9.17) is 19.2 Å². The van der Waals surface area contributed by atoms with Crippen LogP contribution >= 0.6 is 0 Å². The molecule has 0 unspecified atom stereocenters. The third kappa shape index (κ3) is 4.78. The lowest BCUT2D eigenvalue weighted by Crippen LogP contribution is -2.36. The minimum absolute atomic E-state index is 0.134. The smallest absolute Gasteiger partial charge is 0.142 e. The van der Waals surface area contributed by atoms with Gasteiger partial charge in [-0.1, -0.05) is 6.07 Å². The number of nitrogens with zero attached hydrogens (tertiary/aromatic N) is 3. The normalized spacial score (nSPS) is 16.4. The Kier molecular flexibility index (Phi) is 6.86. The third-order valence-electron chi connectivity index (χ3n) is 7.34. The minimum atomic E-state index is 0.134. The van der Waals surface area contributed by atoms with Gasteiger partial charge in [-0.05, 0) is 68.4 Å². The van der Waals surface area contributed by atoms with Crippen LogP contribution in [0.1, 0.15) is 18.4 Å². The van der Waals surface area contributed by atoms with Gasteiger partial charge >= 0.3 is 0 Å². The molecule has 0 atom stereocenters. The van der Waals surface area contributed by atoms with Crippen LogP contribution in [0, 0.1) is 11.3 Å². The highest BCUT2D eigenvalue weighted by Crippen LogP contribution is 2.37. The molecule has 4 aromatic rings. The number of H-pyrrole nitrogens is 1. The summed E-state index contributed by atoms with van der Waals surface area (Å²) >= 11 is 0. The molecule has 2 aromatic heterocycles. The maximum Gasteiger partial charge on any atom is 0.142 e. The molecule has 2 aliphatic heterocycles. The van der Waals surface area contributed by atoms with E-state index >= 15 is 0 Å². The van der Waals surface area contributed by atoms with Crippen LogP contribution in [0.5, 0.6) is 11.5 Å². The van der Waals surface area contributed by atoms with Crippen molar-refractivity contribution in [3.63, 3.8) is 0 Å². The lowest BCUT2D eigenvalue weighted by atomic mass is 10.0. The van der Waals surface area contributed by atoms with Crippen molar-refractivity contribution in [1.82, 2.24) is 15.3 Å². The van der Waals surface area contributed by atoms with Gasteiger partial charge in [0.05, 0.1) is 37.3 Å². The highest BCUT2D eigenvalue weighted by atomic mass is 16.5. The van der Waals surface area contributed by atoms with Crippen LogP contribution in [0.25, 0.3) is 33.4 Å². The summed E-state index contributed by atoms with van der Waals surface area (Å²) in [5.74, 6) is 1.47. The van der Waals surface area contributed by atoms with E-state index in [0.29, 0.717) is 11.3 Å². The first-order valence-corrected chi connectivity index (χ1v) is 13.1. The number of hydrogen-bond acceptors (Lipinski definition) is 7. The van der Waals surface area contributed by atoms with Crippen molar-refractivity contribution in [1.29, 1.82) is 5.26 Å². The number of pyridine rings is 1. The Morgan fingerprint density at radius 1 is 1.00 bits per heavy atom. The number of nitrogens with one attached hydrogen (secondary N) is 2. The van der Waals surface area contributed by atoms with Gasteiger partial charge in [-0.15, -0.1) is 0 Å². The van der Waals surface area contributed by atoms with Crippen LogP contribution in [0.4, 0.5) is 5.69 Å². The molecule has 0 saturated carbocycles. The Morgan fingerprint density at radius 2 is 1.82 bits per heavy atom. The summed E-state index contributed by atoms with van der Waals surface area (Å²) in [6.45, 7) is 5.03. The van der Waals surface area contributed by atoms with Gasteiger partial charge in [-0.2, -0.15) is 5.26 Å². The molecular formula is C30H31N5O3. The molecule has 38 heavy (non-hydrogen) atoms. The van der Waals surface area contributed by atoms with E-state index in [2.05, 4.69) is 45.5 Å². The van der Waals surface area contributed by atoms with Crippen LogP contribution < -0.4 is 19.7 Å². The Morgan fingerprint density at radius 3 is 2.61 bits per heavy atom. The highest BCUT2D eigenvalue weighted by Gasteiger charge is 2.19. The second kappa shape index (κ2) is 10.7. The van der Waals surface area contributed by atoms with Crippen molar-refractivity contribution < 1.29 is 14.2 Å². The summed E-state index contributed by atoms with van der Waals surface area (Å²) in [5.41, 5.74) is 6.31. The van der Waals surface area contributed by atoms with Crippen molar-refractivity contribution in [2.75, 3.05) is 51.4 Å². The number of hydrogen-bond donors (Lipinski definition) is 2. The number of anilines is 1. The standard InChI is InChI=1S/C30H31N5O3/c1-36-29-17-20(2-4-27(29)35-12-14-37-15-13-35)26-18-24-25(34-26)8-11-33-30(24)21-3-5-28(22(16-21)19-31)38-23-6-9-32-10-7-23/h2-5,8,11,16-18,23,32,34H,6-7,9-10,12-15H2,1H3. The number of methoxy groups -OCH3 is 1. The SMILES string of the molecule is COc1cc(-c2cc3c(-c4ccc(OC5CCNCC5)c(C#N)c4)nccc3[nH]2)ccc1N1CCOCC1. The summed E-state index contributed by atoms with van der Waals surface area (Å²) in [4.78, 5) is 10.5. The van der Waals surface area contributed by atoms with E-state index in [-0.39, 0.29) is 6.10 Å². The number of rotatable bonds is 6. The fraction of sp³-hybridized carbons (Fsp3) is 0.333. The molecule has 0 aliphatic carbocycles. The molecule has 8 nitrogen and oxygen atoms in total. The van der Waals surface area contributed by atoms with E-state index in [1.807, 2.05) is 24.3 Å². The maximum absolute atomic E-state index is 9.86. The number of fused-ring (bicyclic) bond motifs is 1. The Labute approximate surface area is 222 Å². The first-order chi connectivity index (χ1) is 18.7. The van der Waals surface area contributed by atoms with E-state index < -0.39 is 0 Å². The average Bonchev–Trinajstić information content (AvgIpc) is 3.43. The molecule has 6 rings (SSSR count). The molecule has 0 radical (unpaired) electrons. The summed E-state index contributed by atoms with van der Waals surface area (Å²) in [5, 5.41) is 14.2. The van der Waals surface area contributed by atoms with E-state index in [0.717, 1.165) is 97.1 Å². The van der Waals surface area contributed by atoms with Gasteiger partial charge in [-0.25, -0.2) is 0 Å². The predicted octanol–water partition coefficient (Wildman–Crippen LogP) is 4.74. The van der Waals surface area contributed by atoms with Gasteiger partial charge in [0, 0.05) is 47.0 Å². The second-order valence-electron chi connectivity index (χ2n) is 9.68. The summed E-state index contributed by atoms with van der Waals surface area (Å²) in [6, 6.07) is 18.5. The zero-order valence-corrected chi connectivity index (χ0v) is 21.5. The Balaban J connectivity index is 1.32. The largest absolute Gasteiger partial charge is 0.495 e. The summed E-state index contributed by atoms with van der Waals surface area (Å²) in [6.07, 6.45) is 3.82. The third-order valence-corrected chi connectivity index (χ3v) is 7.34. The van der Waals surface area contributed by atoms with Gasteiger partial charge in [0.1, 0.15) is 23.7 Å². The molecule has 4 heterocycles. The zero-order valence-electron chi connectivity index (χ0n) is 21.5. The first kappa shape index (κ1) is 24.3. The molecule has 0 bridgehead atoms. The quantitative estimate of drug-likeness (QED) is 0.387. The van der Waals surface area contributed by atoms with Gasteiger partial charge in [0.15, 0.2) is 0 Å². The molecule has 8 heteroatoms. The van der Waals surface area contributed by atoms with E-state index in [1.54, 1.807) is 13.3 Å². The fourth-order valence-electron chi connectivity index (χ4n) is 5.31. The summed E-state index contributed by atoms with van der Waals surface area (Å²) in [7, 11) is 1.71. The summed E-state index contributed by atoms with van der Waals surface area (Å²) < 4.78 is 17.4. The Hall–Kier alpha value is -4.06. The lowest BCUT2D eigenvalue weighted by molar-refractivity contribution is 0.122. The lowest BCUT2D eigenvalue weighted by Gasteiger charge is -2.30. The van der Waals surface area contributed by atoms with Crippen molar-refractivity contribution in [2.45, 2.75) is 18.9 Å². The molecule has 194 valence electrons. The van der Waals surface area contributed by atoms with Crippen molar-refractivity contribution in [2.24, 2.45) is 0 Å². The molecule has 2 fully saturated rings. The average molecular weight is 510 g/mol. The number of aromatic nitrogens is 2. The number of piperidine rings is 1. The molecule has 0 amide bonds. The minimum Gasteiger partial charge on any atom is -0.495 e. The molecule has 2 aromatic carbocycles. The molecule has 0 spiro atoms. The topological polar surface area (TPSA) is 95.4 Å².